The number of rotatable bonds is 4. The molecule has 1 aromatic heterocycles. The minimum absolute atomic E-state index is 0.0662. The summed E-state index contributed by atoms with van der Waals surface area (Å²) >= 11 is 3.17. The molecule has 1 aromatic carbocycles. The van der Waals surface area contributed by atoms with E-state index in [4.69, 9.17) is 9.47 Å². The molecule has 0 unspecified atom stereocenters. The molecule has 0 saturated carbocycles. The first-order chi connectivity index (χ1) is 13.9. The molecule has 3 aliphatic rings. The van der Waals surface area contributed by atoms with Gasteiger partial charge in [0.05, 0.1) is 10.6 Å². The second-order valence-corrected chi connectivity index (χ2v) is 10.2. The average molecular weight is 432 g/mol. The zero-order valence-corrected chi connectivity index (χ0v) is 17.8. The van der Waals surface area contributed by atoms with Crippen LogP contribution in [0.5, 0.6) is 11.5 Å². The fourth-order valence-electron chi connectivity index (χ4n) is 4.09. The number of aryl methyl sites for hydroxylation is 1. The lowest BCUT2D eigenvalue weighted by Gasteiger charge is -2.29. The van der Waals surface area contributed by atoms with E-state index < -0.39 is 6.04 Å². The molecule has 2 amide bonds. The summed E-state index contributed by atoms with van der Waals surface area (Å²) in [6.07, 6.45) is 2.03. The van der Waals surface area contributed by atoms with Crippen LogP contribution < -0.4 is 14.8 Å². The summed E-state index contributed by atoms with van der Waals surface area (Å²) in [5, 5.41) is 3.52. The summed E-state index contributed by atoms with van der Waals surface area (Å²) in [6.45, 7) is 4.25. The molecule has 7 nitrogen and oxygen atoms in total. The normalized spacial score (nSPS) is 24.8. The highest BCUT2D eigenvalue weighted by Gasteiger charge is 2.53. The van der Waals surface area contributed by atoms with Crippen LogP contribution in [0.3, 0.4) is 0 Å². The van der Waals surface area contributed by atoms with E-state index in [-0.39, 0.29) is 23.5 Å². The van der Waals surface area contributed by atoms with Crippen LogP contribution in [-0.2, 0) is 16.0 Å². The topological polar surface area (TPSA) is 80.8 Å². The molecule has 2 saturated heterocycles. The number of hydrogen-bond acceptors (Lipinski definition) is 7. The number of carbonyl (C=O) groups is 2. The largest absolute Gasteiger partial charge is 0.454 e. The van der Waals surface area contributed by atoms with E-state index >= 15 is 0 Å². The van der Waals surface area contributed by atoms with Crippen LogP contribution in [0.25, 0.3) is 0 Å². The van der Waals surface area contributed by atoms with Gasteiger partial charge in [-0.15, -0.1) is 23.1 Å². The van der Waals surface area contributed by atoms with Crippen LogP contribution in [0.4, 0.5) is 5.13 Å². The van der Waals surface area contributed by atoms with E-state index in [1.165, 1.54) is 11.3 Å². The van der Waals surface area contributed by atoms with Gasteiger partial charge >= 0.3 is 0 Å². The summed E-state index contributed by atoms with van der Waals surface area (Å²) in [5.74, 6) is 2.06. The molecule has 3 aliphatic heterocycles. The first-order valence-corrected chi connectivity index (χ1v) is 11.3. The number of thiazole rings is 1. The van der Waals surface area contributed by atoms with Gasteiger partial charge in [0.15, 0.2) is 16.6 Å². The minimum Gasteiger partial charge on any atom is -0.454 e. The fourth-order valence-corrected chi connectivity index (χ4v) is 6.52. The van der Waals surface area contributed by atoms with Crippen molar-refractivity contribution in [3.8, 4) is 11.5 Å². The van der Waals surface area contributed by atoms with Gasteiger partial charge in [0.25, 0.3) is 0 Å². The second-order valence-electron chi connectivity index (χ2n) is 7.65. The van der Waals surface area contributed by atoms with Gasteiger partial charge in [-0.1, -0.05) is 6.07 Å². The molecule has 0 spiro atoms. The summed E-state index contributed by atoms with van der Waals surface area (Å²) < 4.78 is 10.8. The Hall–Kier alpha value is -2.26. The minimum atomic E-state index is -0.429. The number of aromatic nitrogens is 1. The van der Waals surface area contributed by atoms with Crippen molar-refractivity contribution >= 4 is 40.0 Å². The SMILES string of the molecule is Cc1nc(NC(=O)[C@@H]2CS[C@]3(C)CCC(=O)N23)sc1Cc1ccc2c(c1)OCO2. The predicted molar refractivity (Wildman–Crippen MR) is 112 cm³/mol. The monoisotopic (exact) mass is 431 g/mol. The van der Waals surface area contributed by atoms with Gasteiger partial charge < -0.3 is 19.7 Å². The van der Waals surface area contributed by atoms with E-state index in [0.29, 0.717) is 23.7 Å². The van der Waals surface area contributed by atoms with Crippen LogP contribution in [0.15, 0.2) is 18.2 Å². The molecule has 5 rings (SSSR count). The van der Waals surface area contributed by atoms with Gasteiger partial charge in [-0.2, -0.15) is 0 Å². The zero-order valence-electron chi connectivity index (χ0n) is 16.2. The highest BCUT2D eigenvalue weighted by molar-refractivity contribution is 8.01. The highest BCUT2D eigenvalue weighted by atomic mass is 32.2. The maximum Gasteiger partial charge on any atom is 0.249 e. The van der Waals surface area contributed by atoms with Crippen molar-refractivity contribution in [2.24, 2.45) is 0 Å². The summed E-state index contributed by atoms with van der Waals surface area (Å²) in [4.78, 5) is 32.3. The van der Waals surface area contributed by atoms with Crippen LogP contribution in [-0.4, -0.2) is 45.2 Å². The van der Waals surface area contributed by atoms with Gasteiger partial charge in [0, 0.05) is 23.5 Å². The predicted octanol–water partition coefficient (Wildman–Crippen LogP) is 3.16. The molecule has 2 aromatic rings. The van der Waals surface area contributed by atoms with Crippen molar-refractivity contribution in [3.63, 3.8) is 0 Å². The molecule has 0 aliphatic carbocycles. The van der Waals surface area contributed by atoms with Gasteiger partial charge in [-0.05, 0) is 38.0 Å². The molecule has 29 heavy (non-hydrogen) atoms. The lowest BCUT2D eigenvalue weighted by Crippen LogP contribution is -2.48. The van der Waals surface area contributed by atoms with Crippen LogP contribution in [0, 0.1) is 6.92 Å². The molecule has 0 bridgehead atoms. The Bertz CT molecular complexity index is 1010. The average Bonchev–Trinajstić information content (AvgIpc) is 3.42. The fraction of sp³-hybridized carbons (Fsp3) is 0.450. The van der Waals surface area contributed by atoms with E-state index in [9.17, 15) is 9.59 Å². The first kappa shape index (κ1) is 18.7. The number of thioether (sulfide) groups is 1. The third-order valence-corrected chi connectivity index (χ3v) is 8.25. The van der Waals surface area contributed by atoms with Gasteiger partial charge in [-0.25, -0.2) is 4.98 Å². The Morgan fingerprint density at radius 2 is 2.21 bits per heavy atom. The van der Waals surface area contributed by atoms with Crippen molar-refractivity contribution in [3.05, 3.63) is 34.3 Å². The molecule has 2 fully saturated rings. The summed E-state index contributed by atoms with van der Waals surface area (Å²) in [7, 11) is 0. The smallest absolute Gasteiger partial charge is 0.249 e. The maximum atomic E-state index is 12.9. The van der Waals surface area contributed by atoms with Crippen molar-refractivity contribution < 1.29 is 19.1 Å². The number of amides is 2. The van der Waals surface area contributed by atoms with E-state index in [2.05, 4.69) is 10.3 Å². The molecular weight excluding hydrogens is 410 g/mol. The first-order valence-electron chi connectivity index (χ1n) is 9.55. The van der Waals surface area contributed by atoms with Crippen LogP contribution >= 0.6 is 23.1 Å². The number of anilines is 1. The zero-order chi connectivity index (χ0) is 20.2. The van der Waals surface area contributed by atoms with E-state index in [1.807, 2.05) is 32.0 Å². The van der Waals surface area contributed by atoms with E-state index in [1.54, 1.807) is 16.7 Å². The Labute approximate surface area is 176 Å². The Morgan fingerprint density at radius 3 is 3.07 bits per heavy atom. The number of nitrogens with one attached hydrogen (secondary N) is 1. The van der Waals surface area contributed by atoms with Gasteiger partial charge in [0.2, 0.25) is 18.6 Å². The molecule has 9 heteroatoms. The Balaban J connectivity index is 1.29. The third-order valence-electron chi connectivity index (χ3n) is 5.67. The maximum absolute atomic E-state index is 12.9. The second kappa shape index (κ2) is 6.91. The number of fused-ring (bicyclic) bond motifs is 2. The van der Waals surface area contributed by atoms with Crippen molar-refractivity contribution in [2.75, 3.05) is 17.9 Å². The third kappa shape index (κ3) is 3.26. The Kier molecular flexibility index (Phi) is 4.47. The lowest BCUT2D eigenvalue weighted by molar-refractivity contribution is -0.135. The summed E-state index contributed by atoms with van der Waals surface area (Å²) in [5.41, 5.74) is 2.00. The van der Waals surface area contributed by atoms with Crippen molar-refractivity contribution in [2.45, 2.75) is 44.0 Å². The molecular formula is C20H21N3O4S2. The van der Waals surface area contributed by atoms with Gasteiger partial charge in [-0.3, -0.25) is 9.59 Å². The molecule has 1 N–H and O–H groups in total. The molecule has 0 radical (unpaired) electrons. The van der Waals surface area contributed by atoms with E-state index in [0.717, 1.165) is 34.1 Å². The summed E-state index contributed by atoms with van der Waals surface area (Å²) in [6, 6.07) is 5.48. The lowest BCUT2D eigenvalue weighted by atomic mass is 10.1. The van der Waals surface area contributed by atoms with Crippen molar-refractivity contribution in [1.82, 2.24) is 9.88 Å². The quantitative estimate of drug-likeness (QED) is 0.801. The highest BCUT2D eigenvalue weighted by Crippen LogP contribution is 2.47. The van der Waals surface area contributed by atoms with Gasteiger partial charge in [0.1, 0.15) is 6.04 Å². The Morgan fingerprint density at radius 1 is 1.38 bits per heavy atom. The number of nitrogens with zero attached hydrogens (tertiary/aromatic N) is 2. The number of hydrogen-bond donors (Lipinski definition) is 1. The molecule has 2 atom stereocenters. The number of carbonyl (C=O) groups excluding carboxylic acids is 2. The van der Waals surface area contributed by atoms with Crippen molar-refractivity contribution in [1.29, 1.82) is 0 Å². The van der Waals surface area contributed by atoms with Crippen LogP contribution in [0.2, 0.25) is 0 Å². The molecule has 4 heterocycles. The molecule has 152 valence electrons. The standard InChI is InChI=1S/C20H21N3O4S2/c1-11-16(8-12-3-4-14-15(7-12)27-10-26-14)29-19(21-11)22-18(25)13-9-28-20(2)6-5-17(24)23(13)20/h3-4,7,13H,5-6,8-10H2,1-2H3,(H,21,22,25)/t13-,20+/m0/s1. The van der Waals surface area contributed by atoms with Crippen LogP contribution in [0.1, 0.15) is 35.9 Å². The number of ether oxygens (including phenoxy) is 2. The number of benzene rings is 1.